The first-order valence-corrected chi connectivity index (χ1v) is 23.7. The van der Waals surface area contributed by atoms with Crippen molar-refractivity contribution in [2.24, 2.45) is 0 Å². The number of benzene rings is 7. The molecule has 0 amide bonds. The van der Waals surface area contributed by atoms with Crippen LogP contribution in [-0.4, -0.2) is 16.2 Å². The number of ether oxygens (including phenoxy) is 1. The van der Waals surface area contributed by atoms with E-state index in [1.807, 2.05) is 6.20 Å². The number of aromatic nitrogens is 2. The number of hydrogen-bond donors (Lipinski definition) is 0. The Hall–Kier alpha value is -7.11. The van der Waals surface area contributed by atoms with Crippen LogP contribution in [0.1, 0.15) is 103 Å². The predicted octanol–water partition coefficient (Wildman–Crippen LogP) is 16.5. The molecule has 0 N–H and O–H groups in total. The smallest absolute Gasteiger partial charge is 0.137 e. The van der Waals surface area contributed by atoms with Gasteiger partial charge in [0.2, 0.25) is 0 Å². The van der Waals surface area contributed by atoms with Crippen LogP contribution in [0.5, 0.6) is 11.5 Å². The van der Waals surface area contributed by atoms with E-state index in [-0.39, 0.29) is 21.7 Å². The van der Waals surface area contributed by atoms with Crippen molar-refractivity contribution in [1.29, 1.82) is 0 Å². The Labute approximate surface area is 397 Å². The molecule has 9 aromatic rings. The van der Waals surface area contributed by atoms with Gasteiger partial charge in [-0.15, -0.1) is 0 Å². The number of fused-ring (bicyclic) bond motifs is 4. The van der Waals surface area contributed by atoms with Crippen molar-refractivity contribution >= 4 is 44.6 Å². The predicted molar refractivity (Wildman–Crippen MR) is 282 cm³/mol. The lowest BCUT2D eigenvalue weighted by molar-refractivity contribution is 0.480. The van der Waals surface area contributed by atoms with Crippen LogP contribution in [0, 0.1) is 0 Å². The normalized spacial score (nSPS) is 13.4. The first-order valence-electron chi connectivity index (χ1n) is 23.7. The van der Waals surface area contributed by atoms with Gasteiger partial charge in [0.25, 0.3) is 0 Å². The van der Waals surface area contributed by atoms with Crippen molar-refractivity contribution < 1.29 is 4.74 Å². The van der Waals surface area contributed by atoms with Gasteiger partial charge in [0.15, 0.2) is 0 Å². The quantitative estimate of drug-likeness (QED) is 0.145. The van der Waals surface area contributed by atoms with E-state index < -0.39 is 0 Å². The maximum absolute atomic E-state index is 7.12. The van der Waals surface area contributed by atoms with Gasteiger partial charge in [0.05, 0.1) is 22.4 Å². The van der Waals surface area contributed by atoms with Crippen LogP contribution in [0.3, 0.4) is 0 Å². The minimum absolute atomic E-state index is 0.00751. The third kappa shape index (κ3) is 8.05. The molecule has 2 aromatic heterocycles. The molecular weight excluding hydrogens is 817 g/mol. The average Bonchev–Trinajstić information content (AvgIpc) is 3.87. The number of nitrogens with zero attached hydrogens (tertiary/aromatic N) is 4. The van der Waals surface area contributed by atoms with Gasteiger partial charge < -0.3 is 14.5 Å². The van der Waals surface area contributed by atoms with Gasteiger partial charge in [-0.05, 0) is 111 Å². The molecule has 0 fully saturated rings. The number of rotatable bonds is 9. The lowest BCUT2D eigenvalue weighted by atomic mass is 9.78. The molecule has 10 rings (SSSR count). The molecule has 3 heterocycles. The Bertz CT molecular complexity index is 3280. The van der Waals surface area contributed by atoms with Gasteiger partial charge in [-0.1, -0.05) is 166 Å². The monoisotopic (exact) mass is 878 g/mol. The minimum atomic E-state index is -0.324. The molecule has 5 heteroatoms. The summed E-state index contributed by atoms with van der Waals surface area (Å²) >= 11 is 0. The fraction of sp³-hybridized carbons (Fsp3) is 0.242. The zero-order valence-corrected chi connectivity index (χ0v) is 40.7. The van der Waals surface area contributed by atoms with Crippen molar-refractivity contribution in [2.45, 2.75) is 90.9 Å². The first kappa shape index (κ1) is 43.8. The molecule has 5 nitrogen and oxygen atoms in total. The lowest BCUT2D eigenvalue weighted by Gasteiger charge is -2.29. The molecular formula is C62H62N4O. The maximum atomic E-state index is 7.12. The van der Waals surface area contributed by atoms with Crippen LogP contribution in [0.4, 0.5) is 22.7 Å². The van der Waals surface area contributed by atoms with Crippen LogP contribution in [0.15, 0.2) is 182 Å². The lowest BCUT2D eigenvalue weighted by Crippen LogP contribution is -2.25. The van der Waals surface area contributed by atoms with Crippen LogP contribution >= 0.6 is 0 Å². The second kappa shape index (κ2) is 16.3. The summed E-state index contributed by atoms with van der Waals surface area (Å²) in [6, 6.07) is 63.9. The summed E-state index contributed by atoms with van der Waals surface area (Å²) in [5.41, 5.74) is 13.7. The molecule has 0 atom stereocenters. The van der Waals surface area contributed by atoms with E-state index in [1.165, 1.54) is 55.8 Å². The van der Waals surface area contributed by atoms with Crippen LogP contribution in [-0.2, 0) is 21.7 Å². The van der Waals surface area contributed by atoms with Gasteiger partial charge in [0, 0.05) is 51.3 Å². The second-order valence-corrected chi connectivity index (χ2v) is 21.5. The van der Waals surface area contributed by atoms with Crippen LogP contribution in [0.25, 0.3) is 27.6 Å². The molecule has 1 aliphatic rings. The van der Waals surface area contributed by atoms with E-state index in [2.05, 4.69) is 260 Å². The molecule has 0 unspecified atom stereocenters. The molecule has 0 bridgehead atoms. The largest absolute Gasteiger partial charge is 0.457 e. The van der Waals surface area contributed by atoms with E-state index in [9.17, 15) is 0 Å². The number of pyridine rings is 1. The SMILES string of the molecule is CC(C)(C)c1cccc(N2CN(c3cc(Oc4ccc5c6ccccc6n(-c6cc(C(C)(C)c7ccccc7)ccn6)c5c4)cc(C(C)(C)c4ccccc4)c3)c3ccc(C(C)(C)C)cc32)c1. The molecule has 0 aliphatic carbocycles. The average molecular weight is 879 g/mol. The molecule has 336 valence electrons. The highest BCUT2D eigenvalue weighted by Crippen LogP contribution is 2.49. The van der Waals surface area contributed by atoms with Gasteiger partial charge in [-0.3, -0.25) is 4.57 Å². The van der Waals surface area contributed by atoms with Crippen molar-refractivity contribution in [3.63, 3.8) is 0 Å². The summed E-state index contributed by atoms with van der Waals surface area (Å²) in [6.07, 6.45) is 1.95. The van der Waals surface area contributed by atoms with E-state index in [0.717, 1.165) is 39.4 Å². The van der Waals surface area contributed by atoms with E-state index in [0.29, 0.717) is 6.67 Å². The third-order valence-corrected chi connectivity index (χ3v) is 14.2. The Morgan fingerprint density at radius 1 is 0.403 bits per heavy atom. The van der Waals surface area contributed by atoms with Crippen molar-refractivity contribution in [1.82, 2.24) is 9.55 Å². The highest BCUT2D eigenvalue weighted by Gasteiger charge is 2.33. The van der Waals surface area contributed by atoms with E-state index >= 15 is 0 Å². The molecule has 0 radical (unpaired) electrons. The Balaban J connectivity index is 1.10. The zero-order chi connectivity index (χ0) is 46.9. The fourth-order valence-electron chi connectivity index (χ4n) is 9.84. The Morgan fingerprint density at radius 2 is 1.00 bits per heavy atom. The highest BCUT2D eigenvalue weighted by molar-refractivity contribution is 6.09. The third-order valence-electron chi connectivity index (χ3n) is 14.2. The van der Waals surface area contributed by atoms with E-state index in [4.69, 9.17) is 9.72 Å². The summed E-state index contributed by atoms with van der Waals surface area (Å²) in [5, 5.41) is 2.32. The minimum Gasteiger partial charge on any atom is -0.457 e. The highest BCUT2D eigenvalue weighted by atomic mass is 16.5. The second-order valence-electron chi connectivity index (χ2n) is 21.5. The number of hydrogen-bond acceptors (Lipinski definition) is 4. The van der Waals surface area contributed by atoms with Gasteiger partial charge in [0.1, 0.15) is 24.0 Å². The van der Waals surface area contributed by atoms with Crippen LogP contribution in [0.2, 0.25) is 0 Å². The molecule has 0 saturated carbocycles. The van der Waals surface area contributed by atoms with Crippen molar-refractivity contribution in [3.05, 3.63) is 216 Å². The van der Waals surface area contributed by atoms with Crippen molar-refractivity contribution in [3.8, 4) is 17.3 Å². The van der Waals surface area contributed by atoms with Gasteiger partial charge in [-0.25, -0.2) is 4.98 Å². The fourth-order valence-corrected chi connectivity index (χ4v) is 9.84. The van der Waals surface area contributed by atoms with E-state index in [1.54, 1.807) is 0 Å². The molecule has 0 saturated heterocycles. The molecule has 67 heavy (non-hydrogen) atoms. The summed E-state index contributed by atoms with van der Waals surface area (Å²) in [7, 11) is 0. The van der Waals surface area contributed by atoms with Crippen LogP contribution < -0.4 is 14.5 Å². The Kier molecular flexibility index (Phi) is 10.7. The zero-order valence-electron chi connectivity index (χ0n) is 40.7. The first-order chi connectivity index (χ1) is 32.0. The standard InChI is InChI=1S/C62H62N4O/c1-59(2,3)44-24-19-25-48(34-44)64-41-65(55-31-28-45(37-57(55)64)60(4,5)6)49-35-47(62(9,10)43-22-15-12-16-23-43)36-51(39-49)67-50-29-30-53-52-26-17-18-27-54(52)66(56(53)40-50)58-38-46(32-33-63-58)61(7,8)42-20-13-11-14-21-42/h11-40H,41H2,1-10H3. The Morgan fingerprint density at radius 3 is 1.70 bits per heavy atom. The van der Waals surface area contributed by atoms with Gasteiger partial charge >= 0.3 is 0 Å². The summed E-state index contributed by atoms with van der Waals surface area (Å²) in [6.45, 7) is 23.6. The molecule has 0 spiro atoms. The maximum Gasteiger partial charge on any atom is 0.137 e. The van der Waals surface area contributed by atoms with Crippen molar-refractivity contribution in [2.75, 3.05) is 16.5 Å². The summed E-state index contributed by atoms with van der Waals surface area (Å²) < 4.78 is 9.41. The number of para-hydroxylation sites is 1. The topological polar surface area (TPSA) is 33.5 Å². The summed E-state index contributed by atoms with van der Waals surface area (Å²) in [4.78, 5) is 9.96. The number of anilines is 4. The molecule has 7 aromatic carbocycles. The summed E-state index contributed by atoms with van der Waals surface area (Å²) in [5.74, 6) is 2.41. The van der Waals surface area contributed by atoms with Gasteiger partial charge in [-0.2, -0.15) is 0 Å². The molecule has 1 aliphatic heterocycles.